The number of carbonyl (C=O) groups excluding carboxylic acids is 1. The molecule has 72 valence electrons. The Hall–Kier alpha value is -1.03. The van der Waals surface area contributed by atoms with Gasteiger partial charge in [0.25, 0.3) is 0 Å². The van der Waals surface area contributed by atoms with Gasteiger partial charge in [-0.05, 0) is 0 Å². The van der Waals surface area contributed by atoms with E-state index in [1.165, 1.54) is 0 Å². The van der Waals surface area contributed by atoms with Crippen LogP contribution >= 0.6 is 11.6 Å². The average Bonchev–Trinajstić information content (AvgIpc) is 2.61. The van der Waals surface area contributed by atoms with Crippen molar-refractivity contribution in [1.29, 1.82) is 0 Å². The molecular weight excluding hydrogens is 190 g/mol. The third-order valence-corrected chi connectivity index (χ3v) is 1.86. The first-order valence-corrected chi connectivity index (χ1v) is 4.65. The number of aromatic amines is 1. The summed E-state index contributed by atoms with van der Waals surface area (Å²) in [6.45, 7) is 2.47. The van der Waals surface area contributed by atoms with Gasteiger partial charge >= 0.3 is 0 Å². The first-order chi connectivity index (χ1) is 6.26. The lowest BCUT2D eigenvalue weighted by Crippen LogP contribution is -2.23. The Kier molecular flexibility index (Phi) is 3.76. The third kappa shape index (κ3) is 3.06. The summed E-state index contributed by atoms with van der Waals surface area (Å²) in [4.78, 5) is 18.0. The number of rotatable bonds is 4. The molecule has 1 heterocycles. The number of nitrogens with one attached hydrogen (secondary N) is 2. The fourth-order valence-electron chi connectivity index (χ4n) is 0.916. The molecule has 0 saturated heterocycles. The lowest BCUT2D eigenvalue weighted by molar-refractivity contribution is -0.118. The zero-order chi connectivity index (χ0) is 9.68. The molecule has 0 aliphatic heterocycles. The second-order valence-electron chi connectivity index (χ2n) is 2.62. The van der Waals surface area contributed by atoms with Gasteiger partial charge in [0.2, 0.25) is 5.91 Å². The minimum Gasteiger partial charge on any atom is -0.349 e. The van der Waals surface area contributed by atoms with Crippen molar-refractivity contribution in [3.63, 3.8) is 0 Å². The van der Waals surface area contributed by atoms with E-state index >= 15 is 0 Å². The standard InChI is InChI=1S/C8H12ClN3O/c1-2-7-10-4-6(12-7)5-11-8(13)3-9/h4H,2-3,5H2,1H3,(H,10,12)(H,11,13). The molecule has 2 N–H and O–H groups in total. The van der Waals surface area contributed by atoms with Gasteiger partial charge in [-0.25, -0.2) is 4.98 Å². The van der Waals surface area contributed by atoms with Crippen molar-refractivity contribution in [2.75, 3.05) is 5.88 Å². The first-order valence-electron chi connectivity index (χ1n) is 4.11. The fraction of sp³-hybridized carbons (Fsp3) is 0.500. The molecule has 0 saturated carbocycles. The van der Waals surface area contributed by atoms with Crippen LogP contribution in [0.25, 0.3) is 0 Å². The first kappa shape index (κ1) is 10.1. The second kappa shape index (κ2) is 4.87. The molecule has 0 atom stereocenters. The highest BCUT2D eigenvalue weighted by Gasteiger charge is 2.00. The average molecular weight is 202 g/mol. The quantitative estimate of drug-likeness (QED) is 0.709. The Bertz CT molecular complexity index is 285. The van der Waals surface area contributed by atoms with E-state index in [-0.39, 0.29) is 11.8 Å². The predicted octanol–water partition coefficient (Wildman–Crippen LogP) is 0.827. The summed E-state index contributed by atoms with van der Waals surface area (Å²) in [5.41, 5.74) is 0.898. The number of carbonyl (C=O) groups is 1. The van der Waals surface area contributed by atoms with Crippen molar-refractivity contribution in [1.82, 2.24) is 15.3 Å². The molecule has 1 rings (SSSR count). The van der Waals surface area contributed by atoms with Gasteiger partial charge in [-0.15, -0.1) is 11.6 Å². The molecule has 0 radical (unpaired) electrons. The summed E-state index contributed by atoms with van der Waals surface area (Å²) in [6.07, 6.45) is 2.58. The predicted molar refractivity (Wildman–Crippen MR) is 50.5 cm³/mol. The summed E-state index contributed by atoms with van der Waals surface area (Å²) >= 11 is 5.31. The van der Waals surface area contributed by atoms with Gasteiger partial charge in [0.05, 0.1) is 18.4 Å². The van der Waals surface area contributed by atoms with Gasteiger partial charge in [0.15, 0.2) is 0 Å². The molecule has 1 aromatic rings. The van der Waals surface area contributed by atoms with Gasteiger partial charge in [-0.2, -0.15) is 0 Å². The summed E-state index contributed by atoms with van der Waals surface area (Å²) in [5, 5.41) is 2.64. The van der Waals surface area contributed by atoms with Gasteiger partial charge in [0.1, 0.15) is 11.7 Å². The third-order valence-electron chi connectivity index (χ3n) is 1.61. The molecule has 0 aliphatic rings. The van der Waals surface area contributed by atoms with E-state index in [1.54, 1.807) is 6.20 Å². The highest BCUT2D eigenvalue weighted by Crippen LogP contribution is 1.96. The lowest BCUT2D eigenvalue weighted by Gasteiger charge is -1.98. The van der Waals surface area contributed by atoms with Crippen molar-refractivity contribution < 1.29 is 4.79 Å². The van der Waals surface area contributed by atoms with Crippen LogP contribution in [-0.4, -0.2) is 21.8 Å². The zero-order valence-corrected chi connectivity index (χ0v) is 8.19. The van der Waals surface area contributed by atoms with Crippen LogP contribution in [0.2, 0.25) is 0 Å². The van der Waals surface area contributed by atoms with Crippen molar-refractivity contribution >= 4 is 17.5 Å². The Labute approximate surface area is 81.7 Å². The zero-order valence-electron chi connectivity index (χ0n) is 7.43. The van der Waals surface area contributed by atoms with Crippen LogP contribution in [0, 0.1) is 0 Å². The van der Waals surface area contributed by atoms with Gasteiger partial charge < -0.3 is 10.3 Å². The maximum atomic E-state index is 10.8. The Morgan fingerprint density at radius 2 is 2.54 bits per heavy atom. The van der Waals surface area contributed by atoms with Crippen LogP contribution in [-0.2, 0) is 17.8 Å². The van der Waals surface area contributed by atoms with Gasteiger partial charge in [0, 0.05) is 6.42 Å². The molecule has 0 unspecified atom stereocenters. The van der Waals surface area contributed by atoms with E-state index in [9.17, 15) is 4.79 Å². The fourth-order valence-corrected chi connectivity index (χ4v) is 1.01. The largest absolute Gasteiger partial charge is 0.349 e. The number of amides is 1. The second-order valence-corrected chi connectivity index (χ2v) is 2.89. The number of hydrogen-bond donors (Lipinski definition) is 2. The SMILES string of the molecule is CCc1ncc(CNC(=O)CCl)[nH]1. The van der Waals surface area contributed by atoms with E-state index in [2.05, 4.69) is 15.3 Å². The Morgan fingerprint density at radius 3 is 3.08 bits per heavy atom. The van der Waals surface area contributed by atoms with Crippen LogP contribution in [0.5, 0.6) is 0 Å². The molecule has 4 nitrogen and oxygen atoms in total. The van der Waals surface area contributed by atoms with Crippen LogP contribution < -0.4 is 5.32 Å². The van der Waals surface area contributed by atoms with Gasteiger partial charge in [-0.3, -0.25) is 4.79 Å². The normalized spacial score (nSPS) is 10.0. The van der Waals surface area contributed by atoms with Crippen molar-refractivity contribution in [3.05, 3.63) is 17.7 Å². The van der Waals surface area contributed by atoms with Crippen LogP contribution in [0.4, 0.5) is 0 Å². The number of imidazole rings is 1. The van der Waals surface area contributed by atoms with Crippen molar-refractivity contribution in [2.45, 2.75) is 19.9 Å². The molecule has 1 amide bonds. The summed E-state index contributed by atoms with van der Waals surface area (Å²) in [6, 6.07) is 0. The molecule has 0 bridgehead atoms. The molecule has 0 fully saturated rings. The van der Waals surface area contributed by atoms with E-state index in [0.717, 1.165) is 17.9 Å². The van der Waals surface area contributed by atoms with Crippen molar-refractivity contribution in [2.24, 2.45) is 0 Å². The van der Waals surface area contributed by atoms with Crippen LogP contribution in [0.1, 0.15) is 18.4 Å². The molecule has 0 aromatic carbocycles. The maximum Gasteiger partial charge on any atom is 0.235 e. The number of alkyl halides is 1. The van der Waals surface area contributed by atoms with Crippen LogP contribution in [0.15, 0.2) is 6.20 Å². The number of nitrogens with zero attached hydrogens (tertiary/aromatic N) is 1. The van der Waals surface area contributed by atoms with Crippen molar-refractivity contribution in [3.8, 4) is 0 Å². The number of aromatic nitrogens is 2. The van der Waals surface area contributed by atoms with E-state index in [0.29, 0.717) is 6.54 Å². The molecule has 0 spiro atoms. The molecule has 0 aliphatic carbocycles. The molecule has 13 heavy (non-hydrogen) atoms. The minimum absolute atomic E-state index is 0.00519. The summed E-state index contributed by atoms with van der Waals surface area (Å²) in [7, 11) is 0. The van der Waals surface area contributed by atoms with E-state index in [1.807, 2.05) is 6.92 Å². The highest BCUT2D eigenvalue weighted by atomic mass is 35.5. The summed E-state index contributed by atoms with van der Waals surface area (Å²) in [5.74, 6) is 0.749. The van der Waals surface area contributed by atoms with E-state index < -0.39 is 0 Å². The number of aryl methyl sites for hydroxylation is 1. The lowest BCUT2D eigenvalue weighted by atomic mass is 10.4. The van der Waals surface area contributed by atoms with E-state index in [4.69, 9.17) is 11.6 Å². The number of hydrogen-bond acceptors (Lipinski definition) is 2. The molecular formula is C8H12ClN3O. The number of H-pyrrole nitrogens is 1. The minimum atomic E-state index is -0.172. The van der Waals surface area contributed by atoms with Gasteiger partial charge in [-0.1, -0.05) is 6.92 Å². The smallest absolute Gasteiger partial charge is 0.235 e. The molecule has 5 heteroatoms. The topological polar surface area (TPSA) is 57.8 Å². The monoisotopic (exact) mass is 201 g/mol. The Balaban J connectivity index is 2.41. The highest BCUT2D eigenvalue weighted by molar-refractivity contribution is 6.27. The van der Waals surface area contributed by atoms with Crippen LogP contribution in [0.3, 0.4) is 0 Å². The Morgan fingerprint density at radius 1 is 1.77 bits per heavy atom. The maximum absolute atomic E-state index is 10.8. The molecule has 1 aromatic heterocycles. The number of halogens is 1. The summed E-state index contributed by atoms with van der Waals surface area (Å²) < 4.78 is 0.